The van der Waals surface area contributed by atoms with E-state index >= 15 is 0 Å². The van der Waals surface area contributed by atoms with Crippen molar-refractivity contribution >= 4 is 17.5 Å². The molecule has 130 valence electrons. The summed E-state index contributed by atoms with van der Waals surface area (Å²) in [6.07, 6.45) is -1.06. The van der Waals surface area contributed by atoms with E-state index in [1.165, 1.54) is 0 Å². The van der Waals surface area contributed by atoms with Crippen molar-refractivity contribution in [3.05, 3.63) is 69.7 Å². The average molecular weight is 358 g/mol. The molecule has 2 aromatic carbocycles. The van der Waals surface area contributed by atoms with Gasteiger partial charge in [0.1, 0.15) is 0 Å². The Kier molecular flexibility index (Phi) is 4.28. The highest BCUT2D eigenvalue weighted by molar-refractivity contribution is 6.30. The Morgan fingerprint density at radius 3 is 2.52 bits per heavy atom. The normalized spacial score (nSPS) is 25.5. The molecule has 0 saturated heterocycles. The summed E-state index contributed by atoms with van der Waals surface area (Å²) in [6, 6.07) is 13.5. The summed E-state index contributed by atoms with van der Waals surface area (Å²) in [5, 5.41) is 21.3. The van der Waals surface area contributed by atoms with Gasteiger partial charge < -0.3 is 15.1 Å². The molecule has 0 bridgehead atoms. The molecule has 3 unspecified atom stereocenters. The third kappa shape index (κ3) is 3.06. The van der Waals surface area contributed by atoms with Crippen LogP contribution in [0.3, 0.4) is 0 Å². The van der Waals surface area contributed by atoms with Gasteiger partial charge in [0, 0.05) is 36.9 Å². The van der Waals surface area contributed by atoms with E-state index in [0.717, 1.165) is 22.3 Å². The van der Waals surface area contributed by atoms with Gasteiger partial charge in [0.05, 0.1) is 12.2 Å². The van der Waals surface area contributed by atoms with Crippen LogP contribution in [0.1, 0.15) is 34.6 Å². The lowest BCUT2D eigenvalue weighted by Crippen LogP contribution is -2.39. The van der Waals surface area contributed by atoms with Crippen LogP contribution < -0.4 is 0 Å². The maximum atomic E-state index is 12.8. The second-order valence-electron chi connectivity index (χ2n) is 6.94. The third-order valence-electron chi connectivity index (χ3n) is 5.29. The Labute approximate surface area is 151 Å². The standard InChI is InChI=1S/C20H20ClNO3/c21-15-6-4-12(5-7-15)10-22-11-14-3-1-2-13-8-17(23)20(25)16(19(13)14)9-18(22)24/h1-7,16-17,20,23,25H,8-11H2. The molecule has 0 fully saturated rings. The lowest BCUT2D eigenvalue weighted by molar-refractivity contribution is -0.133. The maximum Gasteiger partial charge on any atom is 0.223 e. The molecule has 1 heterocycles. The van der Waals surface area contributed by atoms with Crippen molar-refractivity contribution < 1.29 is 15.0 Å². The van der Waals surface area contributed by atoms with Gasteiger partial charge in [-0.3, -0.25) is 4.79 Å². The topological polar surface area (TPSA) is 60.8 Å². The molecule has 2 aromatic rings. The van der Waals surface area contributed by atoms with E-state index in [9.17, 15) is 15.0 Å². The average Bonchev–Trinajstić information content (AvgIpc) is 2.73. The third-order valence-corrected chi connectivity index (χ3v) is 5.54. The molecule has 0 radical (unpaired) electrons. The second kappa shape index (κ2) is 6.45. The number of nitrogens with zero attached hydrogens (tertiary/aromatic N) is 1. The highest BCUT2D eigenvalue weighted by Gasteiger charge is 2.40. The number of aliphatic hydroxyl groups is 2. The van der Waals surface area contributed by atoms with Crippen molar-refractivity contribution in [1.29, 1.82) is 0 Å². The van der Waals surface area contributed by atoms with Crippen LogP contribution in [0, 0.1) is 0 Å². The second-order valence-corrected chi connectivity index (χ2v) is 7.38. The van der Waals surface area contributed by atoms with E-state index in [1.807, 2.05) is 47.4 Å². The van der Waals surface area contributed by atoms with Gasteiger partial charge in [0.25, 0.3) is 0 Å². The predicted octanol–water partition coefficient (Wildman–Crippen LogP) is 2.63. The van der Waals surface area contributed by atoms with Crippen LogP contribution in [-0.2, 0) is 24.3 Å². The number of carbonyl (C=O) groups is 1. The molecule has 4 rings (SSSR count). The van der Waals surface area contributed by atoms with Gasteiger partial charge in [-0.25, -0.2) is 0 Å². The summed E-state index contributed by atoms with van der Waals surface area (Å²) >= 11 is 5.94. The maximum absolute atomic E-state index is 12.8. The van der Waals surface area contributed by atoms with Crippen LogP contribution in [0.5, 0.6) is 0 Å². The fourth-order valence-corrected chi connectivity index (χ4v) is 4.16. The van der Waals surface area contributed by atoms with Gasteiger partial charge in [-0.1, -0.05) is 41.9 Å². The van der Waals surface area contributed by atoms with Gasteiger partial charge in [-0.05, 0) is 34.4 Å². The highest BCUT2D eigenvalue weighted by Crippen LogP contribution is 2.40. The first-order chi connectivity index (χ1) is 12.0. The van der Waals surface area contributed by atoms with Crippen LogP contribution >= 0.6 is 11.6 Å². The summed E-state index contributed by atoms with van der Waals surface area (Å²) in [5.74, 6) is -0.340. The van der Waals surface area contributed by atoms with E-state index in [0.29, 0.717) is 24.5 Å². The fourth-order valence-electron chi connectivity index (χ4n) is 4.03. The monoisotopic (exact) mass is 357 g/mol. The molecule has 2 N–H and O–H groups in total. The molecular formula is C20H20ClNO3. The zero-order valence-corrected chi connectivity index (χ0v) is 14.5. The summed E-state index contributed by atoms with van der Waals surface area (Å²) in [7, 11) is 0. The summed E-state index contributed by atoms with van der Waals surface area (Å²) in [5.41, 5.74) is 4.17. The molecule has 0 saturated carbocycles. The van der Waals surface area contributed by atoms with E-state index in [1.54, 1.807) is 0 Å². The first-order valence-corrected chi connectivity index (χ1v) is 8.89. The van der Waals surface area contributed by atoms with Crippen molar-refractivity contribution in [1.82, 2.24) is 4.90 Å². The summed E-state index contributed by atoms with van der Waals surface area (Å²) in [4.78, 5) is 14.6. The quantitative estimate of drug-likeness (QED) is 0.868. The van der Waals surface area contributed by atoms with Crippen molar-refractivity contribution in [2.45, 2.75) is 44.1 Å². The van der Waals surface area contributed by atoms with Gasteiger partial charge >= 0.3 is 0 Å². The zero-order valence-electron chi connectivity index (χ0n) is 13.7. The number of hydrogen-bond donors (Lipinski definition) is 2. The number of aliphatic hydroxyl groups excluding tert-OH is 2. The molecule has 1 amide bonds. The number of halogens is 1. The van der Waals surface area contributed by atoms with Crippen LogP contribution in [0.15, 0.2) is 42.5 Å². The fraction of sp³-hybridized carbons (Fsp3) is 0.350. The lowest BCUT2D eigenvalue weighted by atomic mass is 9.76. The van der Waals surface area contributed by atoms with E-state index in [-0.39, 0.29) is 18.2 Å². The molecule has 2 aliphatic rings. The Bertz CT molecular complexity index is 805. The summed E-state index contributed by atoms with van der Waals surface area (Å²) in [6.45, 7) is 1.02. The number of carbonyl (C=O) groups excluding carboxylic acids is 1. The first kappa shape index (κ1) is 16.6. The van der Waals surface area contributed by atoms with Crippen LogP contribution in [-0.4, -0.2) is 33.2 Å². The largest absolute Gasteiger partial charge is 0.390 e. The number of amides is 1. The molecule has 1 aliphatic heterocycles. The SMILES string of the molecule is O=C1CC2c3c(cccc3CN1Cc1ccc(Cl)cc1)CC(O)C2O. The van der Waals surface area contributed by atoms with Gasteiger partial charge in [-0.15, -0.1) is 0 Å². The Morgan fingerprint density at radius 2 is 1.76 bits per heavy atom. The van der Waals surface area contributed by atoms with Crippen LogP contribution in [0.2, 0.25) is 5.02 Å². The molecule has 4 nitrogen and oxygen atoms in total. The van der Waals surface area contributed by atoms with Crippen LogP contribution in [0.25, 0.3) is 0 Å². The molecule has 1 aliphatic carbocycles. The Hall–Kier alpha value is -1.88. The first-order valence-electron chi connectivity index (χ1n) is 8.52. The number of rotatable bonds is 2. The lowest BCUT2D eigenvalue weighted by Gasteiger charge is -2.33. The van der Waals surface area contributed by atoms with Crippen molar-refractivity contribution in [2.75, 3.05) is 0 Å². The zero-order chi connectivity index (χ0) is 17.6. The smallest absolute Gasteiger partial charge is 0.223 e. The predicted molar refractivity (Wildman–Crippen MR) is 95.2 cm³/mol. The van der Waals surface area contributed by atoms with Crippen molar-refractivity contribution in [3.8, 4) is 0 Å². The molecule has 25 heavy (non-hydrogen) atoms. The minimum Gasteiger partial charge on any atom is -0.390 e. The van der Waals surface area contributed by atoms with Gasteiger partial charge in [-0.2, -0.15) is 0 Å². The van der Waals surface area contributed by atoms with E-state index < -0.39 is 12.2 Å². The van der Waals surface area contributed by atoms with Gasteiger partial charge in [0.2, 0.25) is 5.91 Å². The van der Waals surface area contributed by atoms with E-state index in [4.69, 9.17) is 11.6 Å². The molecule has 0 spiro atoms. The number of benzene rings is 2. The molecule has 3 atom stereocenters. The van der Waals surface area contributed by atoms with Crippen molar-refractivity contribution in [2.24, 2.45) is 0 Å². The molecule has 0 aromatic heterocycles. The number of hydrogen-bond acceptors (Lipinski definition) is 3. The summed E-state index contributed by atoms with van der Waals surface area (Å²) < 4.78 is 0. The molecule has 5 heteroatoms. The highest BCUT2D eigenvalue weighted by atomic mass is 35.5. The minimum absolute atomic E-state index is 0.00440. The minimum atomic E-state index is -0.895. The molecular weight excluding hydrogens is 338 g/mol. The Balaban J connectivity index is 1.68. The van der Waals surface area contributed by atoms with E-state index in [2.05, 4.69) is 0 Å². The van der Waals surface area contributed by atoms with Crippen molar-refractivity contribution in [3.63, 3.8) is 0 Å². The van der Waals surface area contributed by atoms with Crippen LogP contribution in [0.4, 0.5) is 0 Å². The van der Waals surface area contributed by atoms with Gasteiger partial charge in [0.15, 0.2) is 0 Å². The Morgan fingerprint density at radius 1 is 1.04 bits per heavy atom.